The molecule has 2 fully saturated rings. The number of Topliss-reactive ketones (excluding diaryl/α,β-unsaturated/α-hetero) is 1. The summed E-state index contributed by atoms with van der Waals surface area (Å²) in [5.74, 6) is 1.04. The van der Waals surface area contributed by atoms with Crippen LogP contribution in [0.5, 0.6) is 0 Å². The summed E-state index contributed by atoms with van der Waals surface area (Å²) in [5, 5.41) is 0. The minimum Gasteiger partial charge on any atom is -0.294 e. The second-order valence-electron chi connectivity index (χ2n) is 4.06. The molecule has 0 aromatic rings. The smallest absolute Gasteiger partial charge is 0.164 e. The van der Waals surface area contributed by atoms with Crippen molar-refractivity contribution >= 4 is 5.78 Å². The molecule has 0 aliphatic heterocycles. The van der Waals surface area contributed by atoms with Crippen molar-refractivity contribution in [2.45, 2.75) is 39.0 Å². The third kappa shape index (κ3) is 1.48. The molecular formula is C12H16O. The normalized spacial score (nSPS) is 25.5. The minimum absolute atomic E-state index is 0.345. The minimum atomic E-state index is 0.345. The number of carbonyl (C=O) groups excluding carboxylic acids is 1. The molecule has 2 saturated carbocycles. The molecule has 0 aromatic carbocycles. The molecule has 2 aliphatic carbocycles. The maximum Gasteiger partial charge on any atom is 0.164 e. The second kappa shape index (κ2) is 3.13. The van der Waals surface area contributed by atoms with Crippen molar-refractivity contribution in [1.29, 1.82) is 0 Å². The van der Waals surface area contributed by atoms with E-state index in [2.05, 4.69) is 13.5 Å². The molecule has 0 radical (unpaired) electrons. The van der Waals surface area contributed by atoms with Crippen LogP contribution in [0.3, 0.4) is 0 Å². The highest BCUT2D eigenvalue weighted by Crippen LogP contribution is 2.41. The van der Waals surface area contributed by atoms with E-state index in [-0.39, 0.29) is 0 Å². The summed E-state index contributed by atoms with van der Waals surface area (Å²) in [5.41, 5.74) is 3.60. The maximum atomic E-state index is 11.0. The van der Waals surface area contributed by atoms with Gasteiger partial charge < -0.3 is 0 Å². The van der Waals surface area contributed by atoms with Gasteiger partial charge in [0.15, 0.2) is 5.78 Å². The SMILES string of the molecule is C=C(/C(CC)=C1\CC1=O)C1CCC1. The Kier molecular flexibility index (Phi) is 2.10. The molecule has 13 heavy (non-hydrogen) atoms. The van der Waals surface area contributed by atoms with Crippen molar-refractivity contribution in [2.75, 3.05) is 0 Å². The molecule has 2 aliphatic rings. The van der Waals surface area contributed by atoms with Crippen LogP contribution in [0.4, 0.5) is 0 Å². The fraction of sp³-hybridized carbons (Fsp3) is 0.583. The molecule has 0 spiro atoms. The van der Waals surface area contributed by atoms with E-state index in [1.54, 1.807) is 0 Å². The van der Waals surface area contributed by atoms with Crippen molar-refractivity contribution in [3.8, 4) is 0 Å². The quantitative estimate of drug-likeness (QED) is 0.604. The fourth-order valence-electron chi connectivity index (χ4n) is 2.03. The monoisotopic (exact) mass is 176 g/mol. The largest absolute Gasteiger partial charge is 0.294 e. The highest BCUT2D eigenvalue weighted by Gasteiger charge is 2.32. The molecule has 0 bridgehead atoms. The van der Waals surface area contributed by atoms with Gasteiger partial charge in [-0.1, -0.05) is 19.9 Å². The summed E-state index contributed by atoms with van der Waals surface area (Å²) in [6, 6.07) is 0. The Bertz CT molecular complexity index is 292. The lowest BCUT2D eigenvalue weighted by molar-refractivity contribution is -0.108. The van der Waals surface area contributed by atoms with Crippen LogP contribution in [0.15, 0.2) is 23.3 Å². The van der Waals surface area contributed by atoms with Gasteiger partial charge in [0.25, 0.3) is 0 Å². The zero-order valence-corrected chi connectivity index (χ0v) is 8.23. The highest BCUT2D eigenvalue weighted by molar-refractivity contribution is 6.14. The number of hydrogen-bond donors (Lipinski definition) is 0. The predicted octanol–water partition coefficient (Wildman–Crippen LogP) is 3.02. The van der Waals surface area contributed by atoms with Gasteiger partial charge in [-0.3, -0.25) is 4.79 Å². The van der Waals surface area contributed by atoms with E-state index in [4.69, 9.17) is 0 Å². The van der Waals surface area contributed by atoms with Crippen molar-refractivity contribution in [3.63, 3.8) is 0 Å². The summed E-state index contributed by atoms with van der Waals surface area (Å²) >= 11 is 0. The summed E-state index contributed by atoms with van der Waals surface area (Å²) in [7, 11) is 0. The van der Waals surface area contributed by atoms with Gasteiger partial charge in [-0.2, -0.15) is 0 Å². The molecule has 0 unspecified atom stereocenters. The van der Waals surface area contributed by atoms with Crippen LogP contribution < -0.4 is 0 Å². The van der Waals surface area contributed by atoms with E-state index in [0.717, 1.165) is 12.0 Å². The van der Waals surface area contributed by atoms with Crippen molar-refractivity contribution in [1.82, 2.24) is 0 Å². The number of hydrogen-bond acceptors (Lipinski definition) is 1. The number of rotatable bonds is 3. The fourth-order valence-corrected chi connectivity index (χ4v) is 2.03. The van der Waals surface area contributed by atoms with Gasteiger partial charge in [0.05, 0.1) is 0 Å². The zero-order chi connectivity index (χ0) is 9.42. The van der Waals surface area contributed by atoms with Gasteiger partial charge in [0.2, 0.25) is 0 Å². The summed E-state index contributed by atoms with van der Waals surface area (Å²) < 4.78 is 0. The predicted molar refractivity (Wildman–Crippen MR) is 53.4 cm³/mol. The first-order chi connectivity index (χ1) is 6.24. The van der Waals surface area contributed by atoms with Crippen molar-refractivity contribution in [2.24, 2.45) is 5.92 Å². The van der Waals surface area contributed by atoms with E-state index >= 15 is 0 Å². The van der Waals surface area contributed by atoms with Gasteiger partial charge in [-0.15, -0.1) is 0 Å². The molecule has 2 rings (SSSR count). The van der Waals surface area contributed by atoms with E-state index in [0.29, 0.717) is 18.1 Å². The van der Waals surface area contributed by atoms with Gasteiger partial charge in [0.1, 0.15) is 0 Å². The zero-order valence-electron chi connectivity index (χ0n) is 8.23. The lowest BCUT2D eigenvalue weighted by atomic mass is 9.77. The molecule has 0 N–H and O–H groups in total. The van der Waals surface area contributed by atoms with Crippen molar-refractivity contribution in [3.05, 3.63) is 23.3 Å². The Morgan fingerprint density at radius 3 is 2.46 bits per heavy atom. The Morgan fingerprint density at radius 1 is 1.54 bits per heavy atom. The Morgan fingerprint density at radius 2 is 2.15 bits per heavy atom. The Labute approximate surface area is 79.5 Å². The number of allylic oxidation sites excluding steroid dienone is 3. The third-order valence-corrected chi connectivity index (χ3v) is 3.25. The standard InChI is InChI=1S/C12H16O/c1-3-10(11-7-12(11)13)8(2)9-5-4-6-9/h9H,2-7H2,1H3/b11-10+. The first-order valence-electron chi connectivity index (χ1n) is 5.18. The van der Waals surface area contributed by atoms with Crippen LogP contribution in [0.25, 0.3) is 0 Å². The number of carbonyl (C=O) groups is 1. The van der Waals surface area contributed by atoms with Gasteiger partial charge in [0, 0.05) is 12.0 Å². The average Bonchev–Trinajstić information content (AvgIpc) is 2.65. The molecule has 0 heterocycles. The third-order valence-electron chi connectivity index (χ3n) is 3.25. The Hall–Kier alpha value is -0.850. The van der Waals surface area contributed by atoms with Gasteiger partial charge in [-0.25, -0.2) is 0 Å². The summed E-state index contributed by atoms with van der Waals surface area (Å²) in [4.78, 5) is 11.0. The molecule has 70 valence electrons. The van der Waals surface area contributed by atoms with Crippen LogP contribution in [0, 0.1) is 5.92 Å². The van der Waals surface area contributed by atoms with E-state index in [9.17, 15) is 4.79 Å². The molecular weight excluding hydrogens is 160 g/mol. The van der Waals surface area contributed by atoms with E-state index < -0.39 is 0 Å². The van der Waals surface area contributed by atoms with Crippen LogP contribution in [-0.2, 0) is 4.79 Å². The molecule has 1 heteroatoms. The van der Waals surface area contributed by atoms with Crippen LogP contribution in [-0.4, -0.2) is 5.78 Å². The maximum absolute atomic E-state index is 11.0. The summed E-state index contributed by atoms with van der Waals surface area (Å²) in [6.07, 6.45) is 5.59. The first-order valence-corrected chi connectivity index (χ1v) is 5.18. The molecule has 1 nitrogen and oxygen atoms in total. The van der Waals surface area contributed by atoms with Crippen LogP contribution >= 0.6 is 0 Å². The number of ketones is 1. The summed E-state index contributed by atoms with van der Waals surface area (Å²) in [6.45, 7) is 6.26. The van der Waals surface area contributed by atoms with E-state index in [1.165, 1.54) is 30.4 Å². The molecule has 0 amide bonds. The molecule has 0 saturated heterocycles. The average molecular weight is 176 g/mol. The van der Waals surface area contributed by atoms with Crippen LogP contribution in [0.2, 0.25) is 0 Å². The van der Waals surface area contributed by atoms with E-state index in [1.807, 2.05) is 0 Å². The lowest BCUT2D eigenvalue weighted by Gasteiger charge is -2.28. The Balaban J connectivity index is 2.13. The van der Waals surface area contributed by atoms with Gasteiger partial charge >= 0.3 is 0 Å². The van der Waals surface area contributed by atoms with Gasteiger partial charge in [-0.05, 0) is 36.3 Å². The molecule has 0 aromatic heterocycles. The highest BCUT2D eigenvalue weighted by atomic mass is 16.1. The molecule has 0 atom stereocenters. The first kappa shape index (κ1) is 8.74. The second-order valence-corrected chi connectivity index (χ2v) is 4.06. The lowest BCUT2D eigenvalue weighted by Crippen LogP contribution is -2.14. The topological polar surface area (TPSA) is 17.1 Å². The van der Waals surface area contributed by atoms with Crippen LogP contribution in [0.1, 0.15) is 39.0 Å². The van der Waals surface area contributed by atoms with Crippen molar-refractivity contribution < 1.29 is 4.79 Å².